The molecule has 38 heavy (non-hydrogen) atoms. The number of aliphatic hydroxyl groups is 1. The first kappa shape index (κ1) is 24.7. The molecule has 6 rings (SSSR count). The van der Waals surface area contributed by atoms with Crippen molar-refractivity contribution in [2.45, 2.75) is 31.1 Å². The van der Waals surface area contributed by atoms with Gasteiger partial charge in [-0.05, 0) is 11.6 Å². The van der Waals surface area contributed by atoms with Crippen LogP contribution in [0.1, 0.15) is 11.8 Å². The highest BCUT2D eigenvalue weighted by atomic mass is 31.2. The Morgan fingerprint density at radius 1 is 1.18 bits per heavy atom. The van der Waals surface area contributed by atoms with Gasteiger partial charge in [-0.25, -0.2) is 24.3 Å². The van der Waals surface area contributed by atoms with Gasteiger partial charge in [0.1, 0.15) is 35.7 Å². The largest absolute Gasteiger partial charge is 0.493 e. The van der Waals surface area contributed by atoms with Gasteiger partial charge in [0.2, 0.25) is 0 Å². The number of benzene rings is 1. The summed E-state index contributed by atoms with van der Waals surface area (Å²) in [6.07, 6.45) is -1.35. The Morgan fingerprint density at radius 3 is 2.76 bits per heavy atom. The van der Waals surface area contributed by atoms with Crippen molar-refractivity contribution in [2.75, 3.05) is 26.6 Å². The first-order chi connectivity index (χ1) is 18.3. The van der Waals surface area contributed by atoms with Crippen LogP contribution in [0.5, 0.6) is 11.5 Å². The second kappa shape index (κ2) is 9.31. The van der Waals surface area contributed by atoms with E-state index in [1.54, 1.807) is 6.07 Å². The van der Waals surface area contributed by atoms with Gasteiger partial charge in [0.15, 0.2) is 29.2 Å². The summed E-state index contributed by atoms with van der Waals surface area (Å²) in [5.74, 6) is 0.935. The van der Waals surface area contributed by atoms with Gasteiger partial charge in [-0.1, -0.05) is 0 Å². The summed E-state index contributed by atoms with van der Waals surface area (Å²) < 4.78 is 53.2. The normalized spacial score (nSPS) is 27.0. The van der Waals surface area contributed by atoms with Crippen molar-refractivity contribution < 1.29 is 41.9 Å². The lowest BCUT2D eigenvalue weighted by Crippen LogP contribution is -2.39. The van der Waals surface area contributed by atoms with Crippen molar-refractivity contribution in [3.05, 3.63) is 46.8 Å². The minimum absolute atomic E-state index is 0.176. The van der Waals surface area contributed by atoms with Crippen LogP contribution < -0.4 is 20.8 Å². The first-order valence-electron chi connectivity index (χ1n) is 11.3. The number of fused-ring (bicyclic) bond motifs is 3. The number of aliphatic hydroxyl groups excluding tert-OH is 1. The van der Waals surface area contributed by atoms with E-state index in [0.717, 1.165) is 0 Å². The minimum atomic E-state index is -4.17. The molecule has 0 radical (unpaired) electrons. The third kappa shape index (κ3) is 4.09. The Labute approximate surface area is 213 Å². The van der Waals surface area contributed by atoms with Gasteiger partial charge in [0, 0.05) is 17.5 Å². The average Bonchev–Trinajstić information content (AvgIpc) is 3.48. The molecule has 200 valence electrons. The van der Waals surface area contributed by atoms with Gasteiger partial charge in [-0.3, -0.25) is 18.1 Å². The molecule has 5 heterocycles. The van der Waals surface area contributed by atoms with Crippen molar-refractivity contribution >= 4 is 35.8 Å². The van der Waals surface area contributed by atoms with Crippen LogP contribution in [0.4, 0.5) is 5.82 Å². The number of methoxy groups -OCH3 is 2. The summed E-state index contributed by atoms with van der Waals surface area (Å²) in [5, 5.41) is 11.5. The number of aromatic nitrogens is 4. The van der Waals surface area contributed by atoms with Crippen molar-refractivity contribution in [3.63, 3.8) is 0 Å². The lowest BCUT2D eigenvalue weighted by Gasteiger charge is -2.30. The minimum Gasteiger partial charge on any atom is -0.493 e. The fourth-order valence-corrected chi connectivity index (χ4v) is 5.89. The van der Waals surface area contributed by atoms with Crippen LogP contribution in [-0.2, 0) is 29.5 Å². The van der Waals surface area contributed by atoms with Gasteiger partial charge in [-0.2, -0.15) is 0 Å². The zero-order valence-electron chi connectivity index (χ0n) is 20.0. The van der Waals surface area contributed by atoms with E-state index in [2.05, 4.69) is 15.0 Å². The van der Waals surface area contributed by atoms with Crippen LogP contribution in [0, 0.1) is 0 Å². The predicted octanol–water partition coefficient (Wildman–Crippen LogP) is 1.53. The Kier molecular flexibility index (Phi) is 6.06. The molecule has 0 amide bonds. The van der Waals surface area contributed by atoms with Gasteiger partial charge < -0.3 is 29.5 Å². The van der Waals surface area contributed by atoms with Gasteiger partial charge >= 0.3 is 13.4 Å². The number of imidazole rings is 1. The van der Waals surface area contributed by atoms with E-state index in [-0.39, 0.29) is 24.6 Å². The fourth-order valence-electron chi connectivity index (χ4n) is 4.50. The molecule has 3 aromatic heterocycles. The fraction of sp³-hybridized carbons (Fsp3) is 0.364. The van der Waals surface area contributed by atoms with Crippen LogP contribution in [-0.4, -0.2) is 63.8 Å². The number of phosphoric acid groups is 1. The summed E-state index contributed by atoms with van der Waals surface area (Å²) in [4.78, 5) is 24.4. The molecule has 1 aromatic carbocycles. The maximum absolute atomic E-state index is 13.4. The Hall–Kier alpha value is -3.59. The molecule has 16 heteroatoms. The lowest BCUT2D eigenvalue weighted by atomic mass is 10.1. The second-order valence-corrected chi connectivity index (χ2v) is 10.1. The van der Waals surface area contributed by atoms with Gasteiger partial charge in [0.25, 0.3) is 0 Å². The topological polar surface area (TPSA) is 193 Å². The summed E-state index contributed by atoms with van der Waals surface area (Å²) >= 11 is 0. The van der Waals surface area contributed by atoms with E-state index in [0.29, 0.717) is 33.6 Å². The lowest BCUT2D eigenvalue weighted by molar-refractivity contribution is -0.0714. The van der Waals surface area contributed by atoms with Crippen LogP contribution in [0.15, 0.2) is 40.1 Å². The third-order valence-corrected chi connectivity index (χ3v) is 7.74. The standard InChI is InChI=1S/C22H22N5O10P/c1-31-13-4-11-10(3-16(28)35-12(11)5-14(13)32-2)6-33-38(30)34-7-15-19(37-38)18(29)22(36-15)27-9-26-17-20(23)24-8-25-21(17)27/h3-5,8-9,15,18-19,22,29H,6-7H2,1-2H3,(H2,23,24,25)/t15-,18-,19-,22-,38-/m1/s1. The molecular weight excluding hydrogens is 525 g/mol. The molecule has 4 aromatic rings. The highest BCUT2D eigenvalue weighted by molar-refractivity contribution is 7.48. The number of ether oxygens (including phenoxy) is 3. The van der Waals surface area contributed by atoms with E-state index >= 15 is 0 Å². The molecule has 2 fully saturated rings. The van der Waals surface area contributed by atoms with Crippen LogP contribution >= 0.6 is 7.82 Å². The van der Waals surface area contributed by atoms with Crippen molar-refractivity contribution in [1.29, 1.82) is 0 Å². The molecule has 2 aliphatic heterocycles. The zero-order valence-corrected chi connectivity index (χ0v) is 20.9. The third-order valence-electron chi connectivity index (χ3n) is 6.33. The number of anilines is 1. The molecule has 3 N–H and O–H groups in total. The maximum atomic E-state index is 13.4. The van der Waals surface area contributed by atoms with E-state index in [1.807, 2.05) is 0 Å². The molecular formula is C22H22N5O10P. The molecule has 0 aliphatic carbocycles. The first-order valence-corrected chi connectivity index (χ1v) is 12.8. The Morgan fingerprint density at radius 2 is 1.97 bits per heavy atom. The molecule has 5 atom stereocenters. The van der Waals surface area contributed by atoms with E-state index in [9.17, 15) is 14.5 Å². The maximum Gasteiger partial charge on any atom is 0.475 e. The highest BCUT2D eigenvalue weighted by Gasteiger charge is 2.53. The van der Waals surface area contributed by atoms with E-state index < -0.39 is 38.0 Å². The number of nitrogen functional groups attached to an aromatic ring is 1. The summed E-state index contributed by atoms with van der Waals surface area (Å²) in [5.41, 5.74) is 6.46. The zero-order chi connectivity index (χ0) is 26.6. The van der Waals surface area contributed by atoms with Crippen LogP contribution in [0.25, 0.3) is 22.1 Å². The smallest absolute Gasteiger partial charge is 0.475 e. The van der Waals surface area contributed by atoms with Crippen LogP contribution in [0.2, 0.25) is 0 Å². The Balaban J connectivity index is 1.23. The SMILES string of the molecule is COc1cc2oc(=O)cc(CO[P@]3(=O)OC[C@H]4O[C@@H](n5cnc6c(N)ncnc65)[C@H](O)[C@@H]4O3)c2cc1OC. The monoisotopic (exact) mass is 547 g/mol. The molecule has 0 saturated carbocycles. The predicted molar refractivity (Wildman–Crippen MR) is 128 cm³/mol. The molecule has 15 nitrogen and oxygen atoms in total. The number of hydrogen-bond donors (Lipinski definition) is 2. The summed E-state index contributed by atoms with van der Waals surface area (Å²) in [6.45, 7) is -0.503. The summed E-state index contributed by atoms with van der Waals surface area (Å²) in [6, 6.07) is 4.31. The van der Waals surface area contributed by atoms with Crippen molar-refractivity contribution in [3.8, 4) is 11.5 Å². The number of phosphoric ester groups is 1. The number of hydrogen-bond acceptors (Lipinski definition) is 14. The van der Waals surface area contributed by atoms with Crippen molar-refractivity contribution in [2.24, 2.45) is 0 Å². The number of rotatable bonds is 6. The highest BCUT2D eigenvalue weighted by Crippen LogP contribution is 2.57. The van der Waals surface area contributed by atoms with Gasteiger partial charge in [-0.15, -0.1) is 0 Å². The van der Waals surface area contributed by atoms with Gasteiger partial charge in [0.05, 0.1) is 33.8 Å². The number of nitrogens with zero attached hydrogens (tertiary/aromatic N) is 4. The average molecular weight is 547 g/mol. The van der Waals surface area contributed by atoms with E-state index in [4.69, 9.17) is 37.9 Å². The van der Waals surface area contributed by atoms with E-state index in [1.165, 1.54) is 43.6 Å². The summed E-state index contributed by atoms with van der Waals surface area (Å²) in [7, 11) is -1.25. The second-order valence-electron chi connectivity index (χ2n) is 8.52. The molecule has 2 saturated heterocycles. The number of nitrogens with two attached hydrogens (primary N) is 1. The quantitative estimate of drug-likeness (QED) is 0.261. The van der Waals surface area contributed by atoms with Crippen LogP contribution in [0.3, 0.4) is 0 Å². The molecule has 0 unspecified atom stereocenters. The Bertz CT molecular complexity index is 1640. The van der Waals surface area contributed by atoms with Crippen molar-refractivity contribution in [1.82, 2.24) is 19.5 Å². The molecule has 2 aliphatic rings. The molecule has 0 bridgehead atoms. The molecule has 0 spiro atoms.